The summed E-state index contributed by atoms with van der Waals surface area (Å²) >= 11 is 12.7. The van der Waals surface area contributed by atoms with Crippen molar-refractivity contribution in [1.82, 2.24) is 4.98 Å². The third-order valence-corrected chi connectivity index (χ3v) is 3.81. The van der Waals surface area contributed by atoms with Gasteiger partial charge in [-0.25, -0.2) is 4.79 Å². The minimum absolute atomic E-state index is 0.0680. The van der Waals surface area contributed by atoms with Crippen molar-refractivity contribution >= 4 is 40.5 Å². The van der Waals surface area contributed by atoms with E-state index in [9.17, 15) is 4.79 Å². The Morgan fingerprint density at radius 2 is 2.11 bits per heavy atom. The number of methoxy groups -OCH3 is 1. The molecule has 0 amide bonds. The van der Waals surface area contributed by atoms with Gasteiger partial charge < -0.3 is 9.47 Å². The fraction of sp³-hybridized carbons (Fsp3) is 0.167. The van der Waals surface area contributed by atoms with Gasteiger partial charge in [-0.3, -0.25) is 0 Å². The lowest BCUT2D eigenvalue weighted by molar-refractivity contribution is 0.0606. The third-order valence-electron chi connectivity index (χ3n) is 2.27. The first-order valence-corrected chi connectivity index (χ1v) is 6.77. The van der Waals surface area contributed by atoms with Gasteiger partial charge in [0.15, 0.2) is 10.0 Å². The Kier molecular flexibility index (Phi) is 4.29. The number of hydrogen-bond acceptors (Lipinski definition) is 5. The minimum Gasteiger partial charge on any atom is -0.465 e. The molecule has 1 aromatic heterocycles. The molecule has 0 aliphatic heterocycles. The second kappa shape index (κ2) is 5.77. The van der Waals surface area contributed by atoms with E-state index in [2.05, 4.69) is 9.72 Å². The van der Waals surface area contributed by atoms with E-state index < -0.39 is 5.97 Å². The molecule has 0 saturated heterocycles. The fourth-order valence-corrected chi connectivity index (χ4v) is 2.65. The number of hydrogen-bond donors (Lipinski definition) is 0. The number of carbonyl (C=O) groups excluding carboxylic acids is 1. The lowest BCUT2D eigenvalue weighted by atomic mass is 10.2. The number of rotatable bonds is 3. The summed E-state index contributed by atoms with van der Waals surface area (Å²) in [6.45, 7) is 1.86. The lowest BCUT2D eigenvalue weighted by Gasteiger charge is -2.05. The second-order valence-corrected chi connectivity index (χ2v) is 5.36. The summed E-state index contributed by atoms with van der Waals surface area (Å²) in [5.74, 6) is 0.0661. The molecule has 2 aromatic rings. The number of ether oxygens (including phenoxy) is 2. The van der Waals surface area contributed by atoms with Gasteiger partial charge in [-0.1, -0.05) is 34.5 Å². The maximum Gasteiger partial charge on any atom is 0.351 e. The molecule has 0 unspecified atom stereocenters. The minimum atomic E-state index is -0.537. The summed E-state index contributed by atoms with van der Waals surface area (Å²) in [7, 11) is 1.28. The third kappa shape index (κ3) is 3.18. The Hall–Kier alpha value is -1.30. The molecular weight excluding hydrogens is 309 g/mol. The zero-order valence-corrected chi connectivity index (χ0v) is 12.4. The fourth-order valence-electron chi connectivity index (χ4n) is 1.37. The average molecular weight is 318 g/mol. The van der Waals surface area contributed by atoms with Gasteiger partial charge in [0.25, 0.3) is 5.19 Å². The van der Waals surface area contributed by atoms with Crippen LogP contribution < -0.4 is 4.74 Å². The number of thiazole rings is 1. The number of aromatic nitrogens is 1. The summed E-state index contributed by atoms with van der Waals surface area (Å²) in [5, 5.41) is 0.964. The van der Waals surface area contributed by atoms with E-state index in [1.54, 1.807) is 18.2 Å². The molecule has 0 atom stereocenters. The largest absolute Gasteiger partial charge is 0.465 e. The van der Waals surface area contributed by atoms with E-state index >= 15 is 0 Å². The van der Waals surface area contributed by atoms with Crippen LogP contribution in [0.1, 0.15) is 15.2 Å². The van der Waals surface area contributed by atoms with Crippen LogP contribution in [-0.2, 0) is 4.74 Å². The van der Waals surface area contributed by atoms with Crippen molar-refractivity contribution in [3.63, 3.8) is 0 Å². The van der Waals surface area contributed by atoms with Crippen LogP contribution in [0.5, 0.6) is 10.9 Å². The van der Waals surface area contributed by atoms with E-state index in [4.69, 9.17) is 27.9 Å². The SMILES string of the molecule is COC(=O)c1sc(Oc2ccc(Cl)cc2C)nc1Cl. The van der Waals surface area contributed by atoms with Gasteiger partial charge in [0, 0.05) is 5.02 Å². The molecule has 19 heavy (non-hydrogen) atoms. The zero-order valence-electron chi connectivity index (χ0n) is 10.1. The first kappa shape index (κ1) is 14.1. The highest BCUT2D eigenvalue weighted by Crippen LogP contribution is 2.34. The van der Waals surface area contributed by atoms with E-state index in [1.807, 2.05) is 6.92 Å². The van der Waals surface area contributed by atoms with Crippen LogP contribution in [0.15, 0.2) is 18.2 Å². The molecule has 4 nitrogen and oxygen atoms in total. The van der Waals surface area contributed by atoms with E-state index in [0.717, 1.165) is 16.9 Å². The smallest absolute Gasteiger partial charge is 0.351 e. The standard InChI is InChI=1S/C12H9Cl2NO3S/c1-6-5-7(13)3-4-8(6)18-12-15-10(14)9(19-12)11(16)17-2/h3-5H,1-2H3. The van der Waals surface area contributed by atoms with Crippen LogP contribution >= 0.6 is 34.5 Å². The van der Waals surface area contributed by atoms with Crippen LogP contribution in [0.3, 0.4) is 0 Å². The number of esters is 1. The molecule has 1 aromatic carbocycles. The van der Waals surface area contributed by atoms with Crippen LogP contribution in [0.4, 0.5) is 0 Å². The number of nitrogens with zero attached hydrogens (tertiary/aromatic N) is 1. The Morgan fingerprint density at radius 3 is 2.74 bits per heavy atom. The number of halogens is 2. The molecule has 1 heterocycles. The van der Waals surface area contributed by atoms with Crippen LogP contribution in [-0.4, -0.2) is 18.1 Å². The molecule has 7 heteroatoms. The summed E-state index contributed by atoms with van der Waals surface area (Å²) in [5.41, 5.74) is 0.860. The highest BCUT2D eigenvalue weighted by atomic mass is 35.5. The van der Waals surface area contributed by atoms with E-state index in [-0.39, 0.29) is 15.2 Å². The molecule has 0 radical (unpaired) electrons. The summed E-state index contributed by atoms with van der Waals surface area (Å²) in [4.78, 5) is 15.6. The first-order chi connectivity index (χ1) is 9.01. The van der Waals surface area contributed by atoms with Gasteiger partial charge in [-0.15, -0.1) is 0 Å². The van der Waals surface area contributed by atoms with E-state index in [1.165, 1.54) is 7.11 Å². The molecule has 0 saturated carbocycles. The van der Waals surface area contributed by atoms with Crippen molar-refractivity contribution in [3.05, 3.63) is 38.8 Å². The van der Waals surface area contributed by atoms with Crippen molar-refractivity contribution in [2.24, 2.45) is 0 Å². The molecule has 0 N–H and O–H groups in total. The van der Waals surface area contributed by atoms with Crippen molar-refractivity contribution in [2.45, 2.75) is 6.92 Å². The molecule has 0 aliphatic rings. The quantitative estimate of drug-likeness (QED) is 0.790. The van der Waals surface area contributed by atoms with Crippen molar-refractivity contribution in [2.75, 3.05) is 7.11 Å². The monoisotopic (exact) mass is 317 g/mol. The topological polar surface area (TPSA) is 48.4 Å². The summed E-state index contributed by atoms with van der Waals surface area (Å²) < 4.78 is 10.2. The van der Waals surface area contributed by atoms with Gasteiger partial charge >= 0.3 is 5.97 Å². The second-order valence-electron chi connectivity index (χ2n) is 3.60. The Bertz CT molecular complexity index is 627. The molecule has 0 aliphatic carbocycles. The van der Waals surface area contributed by atoms with Crippen molar-refractivity contribution in [3.8, 4) is 10.9 Å². The van der Waals surface area contributed by atoms with Gasteiger partial charge in [-0.05, 0) is 30.7 Å². The van der Waals surface area contributed by atoms with Crippen molar-refractivity contribution in [1.29, 1.82) is 0 Å². The van der Waals surface area contributed by atoms with Gasteiger partial charge in [0.05, 0.1) is 7.11 Å². The summed E-state index contributed by atoms with van der Waals surface area (Å²) in [6, 6.07) is 5.21. The predicted octanol–water partition coefficient (Wildman–Crippen LogP) is 4.34. The maximum atomic E-state index is 11.4. The average Bonchev–Trinajstić information content (AvgIpc) is 2.73. The van der Waals surface area contributed by atoms with Crippen molar-refractivity contribution < 1.29 is 14.3 Å². The van der Waals surface area contributed by atoms with Crippen LogP contribution in [0.2, 0.25) is 10.2 Å². The molecule has 0 spiro atoms. The number of carbonyl (C=O) groups is 1. The Morgan fingerprint density at radius 1 is 1.37 bits per heavy atom. The van der Waals surface area contributed by atoms with Gasteiger partial charge in [0.1, 0.15) is 5.75 Å². The predicted molar refractivity (Wildman–Crippen MR) is 74.7 cm³/mol. The number of aryl methyl sites for hydroxylation is 1. The normalized spacial score (nSPS) is 10.3. The Balaban J connectivity index is 2.26. The Labute approximate surface area is 123 Å². The number of benzene rings is 1. The van der Waals surface area contributed by atoms with Gasteiger partial charge in [0.2, 0.25) is 0 Å². The highest BCUT2D eigenvalue weighted by Gasteiger charge is 2.18. The molecule has 2 rings (SSSR count). The highest BCUT2D eigenvalue weighted by molar-refractivity contribution is 7.15. The van der Waals surface area contributed by atoms with Crippen LogP contribution in [0.25, 0.3) is 0 Å². The molecule has 100 valence electrons. The van der Waals surface area contributed by atoms with Gasteiger partial charge in [-0.2, -0.15) is 4.98 Å². The first-order valence-electron chi connectivity index (χ1n) is 5.20. The summed E-state index contributed by atoms with van der Waals surface area (Å²) in [6.07, 6.45) is 0. The zero-order chi connectivity index (χ0) is 14.0. The molecule has 0 bridgehead atoms. The maximum absolute atomic E-state index is 11.4. The molecular formula is C12H9Cl2NO3S. The van der Waals surface area contributed by atoms with Crippen LogP contribution in [0, 0.1) is 6.92 Å². The molecule has 0 fully saturated rings. The lowest BCUT2D eigenvalue weighted by Crippen LogP contribution is -1.98. The van der Waals surface area contributed by atoms with E-state index in [0.29, 0.717) is 10.8 Å².